The van der Waals surface area contributed by atoms with Crippen molar-refractivity contribution >= 4 is 79.2 Å². The Balaban J connectivity index is 1.13. The lowest BCUT2D eigenvalue weighted by Crippen LogP contribution is -2.36. The number of hydroxylamine groups is 2. The molecule has 3 heterocycles. The van der Waals surface area contributed by atoms with Crippen molar-refractivity contribution in [2.45, 2.75) is 67.5 Å². The molecule has 0 aromatic carbocycles. The van der Waals surface area contributed by atoms with Gasteiger partial charge in [-0.05, 0) is 12.8 Å². The fourth-order valence-corrected chi connectivity index (χ4v) is 8.41. The van der Waals surface area contributed by atoms with Crippen molar-refractivity contribution in [3.8, 4) is 0 Å². The van der Waals surface area contributed by atoms with E-state index >= 15 is 0 Å². The molecule has 0 bridgehead atoms. The summed E-state index contributed by atoms with van der Waals surface area (Å²) in [4.78, 5) is 75.2. The largest absolute Gasteiger partial charge is 0.464 e. The second-order valence-electron chi connectivity index (χ2n) is 9.28. The highest BCUT2D eigenvalue weighted by atomic mass is 33.1. The number of imide groups is 1. The van der Waals surface area contributed by atoms with Crippen LogP contribution in [0.25, 0.3) is 0 Å². The average molecular weight is 657 g/mol. The first-order valence-electron chi connectivity index (χ1n) is 12.8. The minimum absolute atomic E-state index is 0.0507. The number of thioether (sulfide) groups is 1. The van der Waals surface area contributed by atoms with E-state index in [1.807, 2.05) is 11.8 Å². The molecule has 230 valence electrons. The lowest BCUT2D eigenvalue weighted by atomic mass is 10.0. The van der Waals surface area contributed by atoms with Crippen LogP contribution in [0.2, 0.25) is 0 Å². The smallest absolute Gasteiger partial charge is 0.334 e. The number of unbranched alkanes of at least 4 members (excludes halogenated alkanes) is 1. The molecule has 4 atom stereocenters. The highest BCUT2D eigenvalue weighted by molar-refractivity contribution is 8.76. The quantitative estimate of drug-likeness (QED) is 0.0405. The first-order valence-corrected chi connectivity index (χ1v) is 17.9. The van der Waals surface area contributed by atoms with Crippen LogP contribution < -0.4 is 16.0 Å². The predicted octanol–water partition coefficient (Wildman–Crippen LogP) is 0.00670. The van der Waals surface area contributed by atoms with Gasteiger partial charge in [-0.15, -0.1) is 5.06 Å². The zero-order valence-electron chi connectivity index (χ0n) is 21.9. The number of fused-ring (bicyclic) bond motifs is 1. The van der Waals surface area contributed by atoms with Crippen LogP contribution in [0.15, 0.2) is 0 Å². The molecule has 3 aliphatic rings. The van der Waals surface area contributed by atoms with Gasteiger partial charge in [-0.1, -0.05) is 28.0 Å². The van der Waals surface area contributed by atoms with Gasteiger partial charge in [-0.25, -0.2) is 9.59 Å². The number of hydrogen-bond acceptors (Lipinski definition) is 13. The maximum atomic E-state index is 12.0. The van der Waals surface area contributed by atoms with Gasteiger partial charge in [0.25, 0.3) is 21.9 Å². The Morgan fingerprint density at radius 2 is 1.76 bits per heavy atom. The van der Waals surface area contributed by atoms with Crippen molar-refractivity contribution in [3.63, 3.8) is 0 Å². The Morgan fingerprint density at radius 3 is 2.44 bits per heavy atom. The van der Waals surface area contributed by atoms with Crippen molar-refractivity contribution in [2.24, 2.45) is 0 Å². The molecule has 0 aromatic heterocycles. The molecule has 3 aliphatic heterocycles. The van der Waals surface area contributed by atoms with Gasteiger partial charge < -0.3 is 25.5 Å². The molecule has 41 heavy (non-hydrogen) atoms. The van der Waals surface area contributed by atoms with Crippen molar-refractivity contribution in [3.05, 3.63) is 0 Å². The maximum absolute atomic E-state index is 12.0. The zero-order chi connectivity index (χ0) is 30.0. The molecule has 19 heteroatoms. The number of carbonyl (C=O) groups is 6. The van der Waals surface area contributed by atoms with Crippen molar-refractivity contribution < 1.29 is 51.3 Å². The monoisotopic (exact) mass is 656 g/mol. The third-order valence-electron chi connectivity index (χ3n) is 6.25. The van der Waals surface area contributed by atoms with Crippen LogP contribution in [-0.4, -0.2) is 107 Å². The number of rotatable bonds is 17. The molecule has 0 aliphatic carbocycles. The summed E-state index contributed by atoms with van der Waals surface area (Å²) in [5.74, 6) is -2.32. The molecule has 0 aromatic rings. The number of urea groups is 1. The molecule has 0 radical (unpaired) electrons. The number of ether oxygens (including phenoxy) is 1. The van der Waals surface area contributed by atoms with Gasteiger partial charge in [0.2, 0.25) is 5.91 Å². The number of nitrogens with one attached hydrogen (secondary N) is 3. The van der Waals surface area contributed by atoms with E-state index in [-0.39, 0.29) is 60.8 Å². The average Bonchev–Trinajstić information content (AvgIpc) is 3.54. The molecule has 5 amide bonds. The van der Waals surface area contributed by atoms with Crippen LogP contribution in [0.4, 0.5) is 4.79 Å². The fraction of sp³-hybridized carbons (Fsp3) is 0.727. The van der Waals surface area contributed by atoms with Gasteiger partial charge in [0.05, 0.1) is 37.9 Å². The third-order valence-corrected chi connectivity index (χ3v) is 11.2. The summed E-state index contributed by atoms with van der Waals surface area (Å²) in [6, 6.07) is 0.237. The van der Waals surface area contributed by atoms with E-state index in [9.17, 15) is 37.2 Å². The first kappa shape index (κ1) is 33.3. The van der Waals surface area contributed by atoms with E-state index in [1.165, 1.54) is 21.6 Å². The molecule has 3 rings (SSSR count). The second-order valence-corrected chi connectivity index (χ2v) is 14.9. The summed E-state index contributed by atoms with van der Waals surface area (Å²) in [5.41, 5.74) is 0. The van der Waals surface area contributed by atoms with Crippen LogP contribution in [0.1, 0.15) is 44.9 Å². The van der Waals surface area contributed by atoms with Crippen LogP contribution in [-0.2, 0) is 43.7 Å². The van der Waals surface area contributed by atoms with Crippen LogP contribution in [0.3, 0.4) is 0 Å². The van der Waals surface area contributed by atoms with E-state index in [0.29, 0.717) is 17.4 Å². The highest BCUT2D eigenvalue weighted by Gasteiger charge is 2.48. The van der Waals surface area contributed by atoms with Gasteiger partial charge in [0.15, 0.2) is 5.25 Å². The predicted molar refractivity (Wildman–Crippen MR) is 150 cm³/mol. The second kappa shape index (κ2) is 15.9. The molecular formula is C22H32N4O11S4. The normalized spacial score (nSPS) is 23.6. The van der Waals surface area contributed by atoms with Gasteiger partial charge in [0.1, 0.15) is 6.61 Å². The standard InChI is InChI=1S/C22H32N4O11S4/c27-16(4-2-1-3-14-20-13(12-38-14)24-22(32)25-20)23-7-8-36-18(29)5-9-39-40-10-6-19(30)37-26-17(28)11-15(21(26)31)41(33,34)35/h13-15,20H,1-12H2,(H,23,27)(H2,24,25,32)(H,33,34,35)/t13-,14+,15+,20+/m0/s1. The molecular weight excluding hydrogens is 625 g/mol. The van der Waals surface area contributed by atoms with E-state index in [4.69, 9.17) is 9.29 Å². The lowest BCUT2D eigenvalue weighted by molar-refractivity contribution is -0.197. The molecule has 4 N–H and O–H groups in total. The van der Waals surface area contributed by atoms with E-state index in [1.54, 1.807) is 0 Å². The summed E-state index contributed by atoms with van der Waals surface area (Å²) < 4.78 is 36.2. The summed E-state index contributed by atoms with van der Waals surface area (Å²) in [6.45, 7) is 0.261. The summed E-state index contributed by atoms with van der Waals surface area (Å²) in [6.07, 6.45) is 2.04. The molecule has 0 spiro atoms. The van der Waals surface area contributed by atoms with Gasteiger partial charge in [0, 0.05) is 28.9 Å². The van der Waals surface area contributed by atoms with Crippen molar-refractivity contribution in [2.75, 3.05) is 30.4 Å². The minimum atomic E-state index is -4.79. The Hall–Kier alpha value is -2.22. The van der Waals surface area contributed by atoms with Crippen LogP contribution >= 0.6 is 33.3 Å². The summed E-state index contributed by atoms with van der Waals surface area (Å²) >= 11 is 1.84. The zero-order valence-corrected chi connectivity index (χ0v) is 25.2. The van der Waals surface area contributed by atoms with E-state index in [0.717, 1.165) is 25.0 Å². The topological polar surface area (TPSA) is 215 Å². The van der Waals surface area contributed by atoms with Gasteiger partial charge in [-0.2, -0.15) is 20.2 Å². The number of carbonyl (C=O) groups excluding carboxylic acids is 6. The van der Waals surface area contributed by atoms with Crippen molar-refractivity contribution in [1.29, 1.82) is 0 Å². The van der Waals surface area contributed by atoms with Crippen molar-refractivity contribution in [1.82, 2.24) is 21.0 Å². The van der Waals surface area contributed by atoms with E-state index < -0.39 is 45.5 Å². The Labute approximate surface area is 248 Å². The number of nitrogens with zero attached hydrogens (tertiary/aromatic N) is 1. The van der Waals surface area contributed by atoms with E-state index in [2.05, 4.69) is 20.8 Å². The Kier molecular flexibility index (Phi) is 12.9. The third kappa shape index (κ3) is 10.5. The minimum Gasteiger partial charge on any atom is -0.464 e. The number of esters is 1. The number of hydrogen-bond donors (Lipinski definition) is 4. The Bertz CT molecular complexity index is 1120. The molecule has 0 unspecified atom stereocenters. The van der Waals surface area contributed by atoms with Gasteiger partial charge >= 0.3 is 18.0 Å². The van der Waals surface area contributed by atoms with Gasteiger partial charge in [-0.3, -0.25) is 23.7 Å². The fourth-order valence-electron chi connectivity index (χ4n) is 4.22. The Morgan fingerprint density at radius 1 is 1.05 bits per heavy atom. The number of amides is 5. The lowest BCUT2D eigenvalue weighted by Gasteiger charge is -2.16. The SMILES string of the molecule is O=C(CCCC[C@H]1SC[C@@H]2NC(=O)N[C@H]21)NCCOC(=O)CCSSCCC(=O)ON1C(=O)C[C@@H](S(=O)(=O)O)C1=O. The maximum Gasteiger partial charge on any atom is 0.334 e. The summed E-state index contributed by atoms with van der Waals surface area (Å²) in [7, 11) is -2.25. The van der Waals surface area contributed by atoms with Crippen LogP contribution in [0.5, 0.6) is 0 Å². The molecule has 15 nitrogen and oxygen atoms in total. The molecule has 0 saturated carbocycles. The summed E-state index contributed by atoms with van der Waals surface area (Å²) in [5, 5.41) is 7.00. The highest BCUT2D eigenvalue weighted by Crippen LogP contribution is 2.33. The molecule has 3 fully saturated rings. The molecule has 3 saturated heterocycles. The van der Waals surface area contributed by atoms with Crippen LogP contribution in [0, 0.1) is 0 Å². The first-order chi connectivity index (χ1) is 19.5.